The number of phenols is 1. The average molecular weight is 412 g/mol. The van der Waals surface area contributed by atoms with Gasteiger partial charge in [-0.15, -0.1) is 0 Å². The van der Waals surface area contributed by atoms with Crippen molar-refractivity contribution >= 4 is 34.8 Å². The van der Waals surface area contributed by atoms with Crippen molar-refractivity contribution in [1.82, 2.24) is 0 Å². The highest BCUT2D eigenvalue weighted by atomic mass is 35.5. The predicted octanol–water partition coefficient (Wildman–Crippen LogP) is 6.76. The van der Waals surface area contributed by atoms with Gasteiger partial charge >= 0.3 is 0 Å². The number of aromatic hydroxyl groups is 1. The third kappa shape index (κ3) is 3.90. The monoisotopic (exact) mass is 410 g/mol. The molecule has 0 bridgehead atoms. The fraction of sp³-hybridized carbons (Fsp3) is 0.100. The summed E-state index contributed by atoms with van der Waals surface area (Å²) in [4.78, 5) is 0. The molecule has 0 saturated carbocycles. The van der Waals surface area contributed by atoms with Crippen LogP contribution < -0.4 is 4.74 Å². The van der Waals surface area contributed by atoms with Gasteiger partial charge in [0.25, 0.3) is 0 Å². The smallest absolute Gasteiger partial charge is 0.141 e. The summed E-state index contributed by atoms with van der Waals surface area (Å²) in [5, 5.41) is 10.4. The Hall–Kier alpha value is -1.94. The molecule has 0 saturated heterocycles. The quantitative estimate of drug-likeness (QED) is 0.514. The minimum absolute atomic E-state index is 0.0140. The van der Waals surface area contributed by atoms with Crippen LogP contribution in [0.1, 0.15) is 11.1 Å². The number of hydrogen-bond acceptors (Lipinski definition) is 2. The van der Waals surface area contributed by atoms with Crippen LogP contribution in [0.3, 0.4) is 0 Å². The Morgan fingerprint density at radius 1 is 0.923 bits per heavy atom. The van der Waals surface area contributed by atoms with Gasteiger partial charge in [-0.25, -0.2) is 4.39 Å². The maximum atomic E-state index is 13.5. The molecule has 0 aliphatic rings. The van der Waals surface area contributed by atoms with Crippen LogP contribution in [-0.2, 0) is 6.42 Å². The largest absolute Gasteiger partial charge is 0.508 e. The highest BCUT2D eigenvalue weighted by Crippen LogP contribution is 2.36. The lowest BCUT2D eigenvalue weighted by atomic mass is 9.98. The van der Waals surface area contributed by atoms with E-state index in [1.807, 2.05) is 18.2 Å². The first kappa shape index (κ1) is 18.8. The van der Waals surface area contributed by atoms with Crippen LogP contribution in [0.5, 0.6) is 11.5 Å². The van der Waals surface area contributed by atoms with Gasteiger partial charge in [-0.05, 0) is 53.1 Å². The van der Waals surface area contributed by atoms with Crippen molar-refractivity contribution < 1.29 is 14.2 Å². The average Bonchev–Trinajstić information content (AvgIpc) is 2.60. The van der Waals surface area contributed by atoms with Crippen LogP contribution in [0.4, 0.5) is 4.39 Å². The maximum Gasteiger partial charge on any atom is 0.141 e. The van der Waals surface area contributed by atoms with Crippen LogP contribution >= 0.6 is 34.8 Å². The molecule has 3 aromatic carbocycles. The molecular formula is C20H14Cl3FO2. The Morgan fingerprint density at radius 3 is 2.23 bits per heavy atom. The Kier molecular flexibility index (Phi) is 5.61. The van der Waals surface area contributed by atoms with E-state index in [-0.39, 0.29) is 10.8 Å². The lowest BCUT2D eigenvalue weighted by Crippen LogP contribution is -1.95. The van der Waals surface area contributed by atoms with Crippen LogP contribution in [0.15, 0.2) is 48.5 Å². The standard InChI is InChI=1S/C20H14Cl3FO2/c1-26-20-5-2-11(7-15-16(21)9-13(25)10-17(15)22)6-14(20)12-3-4-19(24)18(23)8-12/h2-6,8-10,25H,7H2,1H3. The van der Waals surface area contributed by atoms with E-state index in [2.05, 4.69) is 0 Å². The van der Waals surface area contributed by atoms with Crippen LogP contribution in [0.25, 0.3) is 11.1 Å². The summed E-state index contributed by atoms with van der Waals surface area (Å²) in [5.74, 6) is 0.174. The topological polar surface area (TPSA) is 29.5 Å². The zero-order chi connectivity index (χ0) is 18.8. The van der Waals surface area contributed by atoms with Crippen molar-refractivity contribution in [3.63, 3.8) is 0 Å². The second kappa shape index (κ2) is 7.75. The molecule has 1 N–H and O–H groups in total. The molecular weight excluding hydrogens is 398 g/mol. The minimum atomic E-state index is -0.479. The zero-order valence-corrected chi connectivity index (χ0v) is 16.0. The summed E-state index contributed by atoms with van der Waals surface area (Å²) in [7, 11) is 1.57. The second-order valence-corrected chi connectivity index (χ2v) is 6.95. The lowest BCUT2D eigenvalue weighted by Gasteiger charge is -2.13. The molecule has 0 atom stereocenters. The highest BCUT2D eigenvalue weighted by molar-refractivity contribution is 6.36. The van der Waals surface area contributed by atoms with Crippen molar-refractivity contribution in [1.29, 1.82) is 0 Å². The normalized spacial score (nSPS) is 10.8. The molecule has 6 heteroatoms. The summed E-state index contributed by atoms with van der Waals surface area (Å²) in [6, 6.07) is 13.1. The summed E-state index contributed by atoms with van der Waals surface area (Å²) < 4.78 is 18.9. The van der Waals surface area contributed by atoms with E-state index in [1.54, 1.807) is 19.2 Å². The van der Waals surface area contributed by atoms with Gasteiger partial charge in [0.2, 0.25) is 0 Å². The number of methoxy groups -OCH3 is 1. The van der Waals surface area contributed by atoms with E-state index in [1.165, 1.54) is 18.2 Å². The molecule has 0 heterocycles. The second-order valence-electron chi connectivity index (χ2n) is 5.73. The van der Waals surface area contributed by atoms with Gasteiger partial charge in [-0.2, -0.15) is 0 Å². The van der Waals surface area contributed by atoms with E-state index in [0.29, 0.717) is 27.8 Å². The summed E-state index contributed by atoms with van der Waals surface area (Å²) in [6.45, 7) is 0. The number of ether oxygens (including phenoxy) is 1. The molecule has 0 spiro atoms. The first-order valence-corrected chi connectivity index (χ1v) is 8.81. The molecule has 0 fully saturated rings. The molecule has 26 heavy (non-hydrogen) atoms. The molecule has 0 aromatic heterocycles. The highest BCUT2D eigenvalue weighted by Gasteiger charge is 2.13. The van der Waals surface area contributed by atoms with Crippen LogP contribution in [0, 0.1) is 5.82 Å². The molecule has 0 aliphatic carbocycles. The zero-order valence-electron chi connectivity index (χ0n) is 13.7. The summed E-state index contributed by atoms with van der Waals surface area (Å²) in [6.07, 6.45) is 0.462. The third-order valence-corrected chi connectivity index (χ3v) is 4.97. The number of hydrogen-bond donors (Lipinski definition) is 1. The van der Waals surface area contributed by atoms with Crippen molar-refractivity contribution in [3.05, 3.63) is 80.5 Å². The van der Waals surface area contributed by atoms with Gasteiger partial charge in [0, 0.05) is 22.0 Å². The summed E-state index contributed by atoms with van der Waals surface area (Å²) >= 11 is 18.3. The maximum absolute atomic E-state index is 13.5. The predicted molar refractivity (Wildman–Crippen MR) is 104 cm³/mol. The van der Waals surface area contributed by atoms with Gasteiger partial charge in [0.15, 0.2) is 0 Å². The molecule has 0 aliphatic heterocycles. The molecule has 3 rings (SSSR count). The Bertz CT molecular complexity index is 950. The van der Waals surface area contributed by atoms with Gasteiger partial charge in [-0.1, -0.05) is 46.9 Å². The Labute approximate surface area is 165 Å². The number of rotatable bonds is 4. The number of halogens is 4. The fourth-order valence-corrected chi connectivity index (χ4v) is 3.51. The SMILES string of the molecule is COc1ccc(Cc2c(Cl)cc(O)cc2Cl)cc1-c1ccc(F)c(Cl)c1. The number of phenolic OH excluding ortho intramolecular Hbond substituents is 1. The third-order valence-electron chi connectivity index (χ3n) is 4.00. The molecule has 2 nitrogen and oxygen atoms in total. The van der Waals surface area contributed by atoms with E-state index in [0.717, 1.165) is 16.7 Å². The van der Waals surface area contributed by atoms with Crippen molar-refractivity contribution in [2.75, 3.05) is 7.11 Å². The first-order chi connectivity index (χ1) is 12.4. The van der Waals surface area contributed by atoms with Crippen molar-refractivity contribution in [2.45, 2.75) is 6.42 Å². The molecule has 0 amide bonds. The van der Waals surface area contributed by atoms with Crippen LogP contribution in [0.2, 0.25) is 15.1 Å². The van der Waals surface area contributed by atoms with E-state index >= 15 is 0 Å². The van der Waals surface area contributed by atoms with Crippen molar-refractivity contribution in [2.24, 2.45) is 0 Å². The van der Waals surface area contributed by atoms with Gasteiger partial charge < -0.3 is 9.84 Å². The number of benzene rings is 3. The Balaban J connectivity index is 2.04. The minimum Gasteiger partial charge on any atom is -0.508 e. The molecule has 3 aromatic rings. The van der Waals surface area contributed by atoms with Crippen LogP contribution in [-0.4, -0.2) is 12.2 Å². The fourth-order valence-electron chi connectivity index (χ4n) is 2.72. The van der Waals surface area contributed by atoms with E-state index in [4.69, 9.17) is 39.5 Å². The lowest BCUT2D eigenvalue weighted by molar-refractivity contribution is 0.416. The molecule has 134 valence electrons. The Morgan fingerprint density at radius 2 is 1.62 bits per heavy atom. The van der Waals surface area contributed by atoms with Gasteiger partial charge in [0.1, 0.15) is 17.3 Å². The molecule has 0 radical (unpaired) electrons. The summed E-state index contributed by atoms with van der Waals surface area (Å²) in [5.41, 5.74) is 3.14. The van der Waals surface area contributed by atoms with Gasteiger partial charge in [-0.3, -0.25) is 0 Å². The van der Waals surface area contributed by atoms with E-state index in [9.17, 15) is 9.50 Å². The molecule has 0 unspecified atom stereocenters. The van der Waals surface area contributed by atoms with Gasteiger partial charge in [0.05, 0.1) is 12.1 Å². The van der Waals surface area contributed by atoms with E-state index < -0.39 is 5.82 Å². The van der Waals surface area contributed by atoms with Crippen molar-refractivity contribution in [3.8, 4) is 22.6 Å². The first-order valence-electron chi connectivity index (χ1n) is 7.68.